The zero-order chi connectivity index (χ0) is 28.8. The van der Waals surface area contributed by atoms with Gasteiger partial charge in [-0.3, -0.25) is 0 Å². The van der Waals surface area contributed by atoms with E-state index in [2.05, 4.69) is 34.0 Å². The van der Waals surface area contributed by atoms with Gasteiger partial charge in [-0.1, -0.05) is 60.7 Å². The number of nitriles is 2. The normalized spacial score (nSPS) is 13.9. The SMILES string of the molecule is [C-]#[N+]C(C#N)=C1C(=CC=C(c2ccc(N(C)C)cc2)c2ccc(N(C)C)cc2)C(=C(C#N)[N+]#[C-])c2ccccc21. The Morgan fingerprint density at radius 2 is 1.07 bits per heavy atom. The van der Waals surface area contributed by atoms with E-state index in [1.165, 1.54) is 0 Å². The maximum Gasteiger partial charge on any atom is 0.270 e. The highest BCUT2D eigenvalue weighted by Crippen LogP contribution is 2.48. The van der Waals surface area contributed by atoms with Crippen LogP contribution < -0.4 is 9.80 Å². The topological polar surface area (TPSA) is 62.8 Å². The van der Waals surface area contributed by atoms with Crippen molar-refractivity contribution >= 4 is 28.1 Å². The molecule has 0 spiro atoms. The molecule has 1 aliphatic carbocycles. The molecule has 0 atom stereocenters. The molecule has 0 bridgehead atoms. The molecule has 0 saturated heterocycles. The van der Waals surface area contributed by atoms with E-state index in [1.807, 2.05) is 111 Å². The van der Waals surface area contributed by atoms with Crippen LogP contribution in [0.25, 0.3) is 26.4 Å². The standard InChI is InChI=1S/C34H26N6/c1-37-31(21-35)33-28-9-7-8-10-29(28)34(32(22-36)38-2)30(33)20-19-27(23-11-15-25(16-12-23)39(3)4)24-13-17-26(18-14-24)40(5)6/h7-20H,3-6H3. The molecule has 0 heterocycles. The number of nitrogens with zero attached hydrogens (tertiary/aromatic N) is 6. The van der Waals surface area contributed by atoms with Gasteiger partial charge in [-0.05, 0) is 57.7 Å². The van der Waals surface area contributed by atoms with E-state index in [-0.39, 0.29) is 11.4 Å². The van der Waals surface area contributed by atoms with Crippen molar-refractivity contribution < 1.29 is 0 Å². The van der Waals surface area contributed by atoms with Gasteiger partial charge in [0.15, 0.2) is 0 Å². The van der Waals surface area contributed by atoms with Crippen molar-refractivity contribution in [1.82, 2.24) is 0 Å². The molecule has 0 unspecified atom stereocenters. The van der Waals surface area contributed by atoms with Crippen LogP contribution in [0.15, 0.2) is 102 Å². The molecule has 0 aliphatic heterocycles. The van der Waals surface area contributed by atoms with Crippen molar-refractivity contribution in [3.63, 3.8) is 0 Å². The van der Waals surface area contributed by atoms with Gasteiger partial charge in [0, 0.05) is 50.7 Å². The smallest absolute Gasteiger partial charge is 0.270 e. The van der Waals surface area contributed by atoms with Crippen LogP contribution in [0.1, 0.15) is 22.3 Å². The average molecular weight is 519 g/mol. The minimum Gasteiger partial charge on any atom is -0.378 e. The summed E-state index contributed by atoms with van der Waals surface area (Å²) in [5.41, 5.74) is 7.52. The lowest BCUT2D eigenvalue weighted by Gasteiger charge is -2.16. The van der Waals surface area contributed by atoms with E-state index in [0.717, 1.165) is 28.1 Å². The van der Waals surface area contributed by atoms with Crippen molar-refractivity contribution in [2.75, 3.05) is 38.0 Å². The molecule has 40 heavy (non-hydrogen) atoms. The molecule has 4 rings (SSSR count). The van der Waals surface area contributed by atoms with Gasteiger partial charge in [-0.25, -0.2) is 20.2 Å². The summed E-state index contributed by atoms with van der Waals surface area (Å²) >= 11 is 0. The minimum absolute atomic E-state index is 0.0865. The molecule has 0 amide bonds. The summed E-state index contributed by atoms with van der Waals surface area (Å²) in [6, 6.07) is 27.7. The Hall–Kier alpha value is -5.82. The lowest BCUT2D eigenvalue weighted by molar-refractivity contribution is 1.13. The zero-order valence-corrected chi connectivity index (χ0v) is 22.8. The van der Waals surface area contributed by atoms with Crippen molar-refractivity contribution in [2.45, 2.75) is 0 Å². The van der Waals surface area contributed by atoms with Gasteiger partial charge in [0.25, 0.3) is 11.4 Å². The Morgan fingerprint density at radius 1 is 0.675 bits per heavy atom. The number of allylic oxidation sites excluding steroid dienone is 7. The lowest BCUT2D eigenvalue weighted by atomic mass is 9.94. The molecular weight excluding hydrogens is 492 g/mol. The molecule has 3 aromatic rings. The molecule has 0 aromatic heterocycles. The van der Waals surface area contributed by atoms with Gasteiger partial charge >= 0.3 is 0 Å². The van der Waals surface area contributed by atoms with Crippen LogP contribution >= 0.6 is 0 Å². The Labute approximate surface area is 235 Å². The molecule has 0 N–H and O–H groups in total. The van der Waals surface area contributed by atoms with Gasteiger partial charge in [-0.2, -0.15) is 0 Å². The van der Waals surface area contributed by atoms with Crippen molar-refractivity contribution in [2.24, 2.45) is 0 Å². The van der Waals surface area contributed by atoms with Crippen LogP contribution in [0.4, 0.5) is 11.4 Å². The summed E-state index contributed by atoms with van der Waals surface area (Å²) in [4.78, 5) is 11.1. The number of hydrogen-bond acceptors (Lipinski definition) is 4. The fourth-order valence-corrected chi connectivity index (χ4v) is 4.69. The van der Waals surface area contributed by atoms with Crippen LogP contribution in [0.2, 0.25) is 0 Å². The molecule has 192 valence electrons. The number of benzene rings is 3. The van der Waals surface area contributed by atoms with Crippen LogP contribution in [-0.4, -0.2) is 28.2 Å². The average Bonchev–Trinajstić information content (AvgIpc) is 3.29. The van der Waals surface area contributed by atoms with Gasteiger partial charge in [0.05, 0.1) is 25.3 Å². The van der Waals surface area contributed by atoms with E-state index < -0.39 is 0 Å². The van der Waals surface area contributed by atoms with Gasteiger partial charge in [-0.15, -0.1) is 0 Å². The molecule has 6 nitrogen and oxygen atoms in total. The molecular formula is C34H26N6. The second-order valence-electron chi connectivity index (χ2n) is 9.48. The van der Waals surface area contributed by atoms with Crippen LogP contribution in [0, 0.1) is 35.8 Å². The molecule has 0 saturated carbocycles. The largest absolute Gasteiger partial charge is 0.378 e. The summed E-state index contributed by atoms with van der Waals surface area (Å²) in [7, 11) is 7.96. The first-order chi connectivity index (χ1) is 19.3. The molecule has 0 fully saturated rings. The van der Waals surface area contributed by atoms with E-state index in [4.69, 9.17) is 13.1 Å². The molecule has 6 heteroatoms. The third kappa shape index (κ3) is 5.12. The van der Waals surface area contributed by atoms with Gasteiger partial charge in [0.2, 0.25) is 0 Å². The second kappa shape index (κ2) is 11.7. The monoisotopic (exact) mass is 518 g/mol. The summed E-state index contributed by atoms with van der Waals surface area (Å²) < 4.78 is 0. The number of rotatable bonds is 5. The fourth-order valence-electron chi connectivity index (χ4n) is 4.69. The Kier molecular flexibility index (Phi) is 7.97. The molecule has 1 aliphatic rings. The van der Waals surface area contributed by atoms with E-state index in [1.54, 1.807) is 0 Å². The first kappa shape index (κ1) is 27.2. The van der Waals surface area contributed by atoms with Crippen LogP contribution in [0.3, 0.4) is 0 Å². The summed E-state index contributed by atoms with van der Waals surface area (Å²) in [6.45, 7) is 15.3. The molecule has 3 aromatic carbocycles. The minimum atomic E-state index is -0.0865. The van der Waals surface area contributed by atoms with Crippen molar-refractivity contribution in [1.29, 1.82) is 10.5 Å². The van der Waals surface area contributed by atoms with Crippen LogP contribution in [-0.2, 0) is 0 Å². The molecule has 0 radical (unpaired) electrons. The third-order valence-electron chi connectivity index (χ3n) is 6.72. The van der Waals surface area contributed by atoms with Crippen molar-refractivity contribution in [3.8, 4) is 12.1 Å². The van der Waals surface area contributed by atoms with Crippen molar-refractivity contribution in [3.05, 3.63) is 147 Å². The van der Waals surface area contributed by atoms with Crippen LogP contribution in [0.5, 0.6) is 0 Å². The highest BCUT2D eigenvalue weighted by Gasteiger charge is 2.31. The first-order valence-corrected chi connectivity index (χ1v) is 12.5. The maximum atomic E-state index is 9.83. The maximum absolute atomic E-state index is 9.83. The predicted molar refractivity (Wildman–Crippen MR) is 161 cm³/mol. The number of fused-ring (bicyclic) bond motifs is 1. The number of anilines is 2. The predicted octanol–water partition coefficient (Wildman–Crippen LogP) is 7.20. The van der Waals surface area contributed by atoms with Gasteiger partial charge < -0.3 is 9.80 Å². The van der Waals surface area contributed by atoms with E-state index in [9.17, 15) is 10.5 Å². The summed E-state index contributed by atoms with van der Waals surface area (Å²) in [6.07, 6.45) is 3.76. The summed E-state index contributed by atoms with van der Waals surface area (Å²) in [5.74, 6) is 0. The Bertz CT molecular complexity index is 1600. The highest BCUT2D eigenvalue weighted by molar-refractivity contribution is 6.12. The highest BCUT2D eigenvalue weighted by atomic mass is 15.1. The zero-order valence-electron chi connectivity index (χ0n) is 22.8. The van der Waals surface area contributed by atoms with E-state index in [0.29, 0.717) is 27.8 Å². The summed E-state index contributed by atoms with van der Waals surface area (Å²) in [5, 5.41) is 19.7. The first-order valence-electron chi connectivity index (χ1n) is 12.5. The quantitative estimate of drug-likeness (QED) is 0.265. The van der Waals surface area contributed by atoms with Gasteiger partial charge in [0.1, 0.15) is 0 Å². The second-order valence-corrected chi connectivity index (χ2v) is 9.48. The van der Waals surface area contributed by atoms with E-state index >= 15 is 0 Å². The Morgan fingerprint density at radius 3 is 1.40 bits per heavy atom. The Balaban J connectivity index is 2.03. The lowest BCUT2D eigenvalue weighted by Crippen LogP contribution is -2.08. The number of hydrogen-bond donors (Lipinski definition) is 0. The third-order valence-corrected chi connectivity index (χ3v) is 6.72. The fraction of sp³-hybridized carbons (Fsp3) is 0.118.